The van der Waals surface area contributed by atoms with Gasteiger partial charge in [0, 0.05) is 23.9 Å². The molecule has 3 heterocycles. The lowest BCUT2D eigenvalue weighted by atomic mass is 10.0. The van der Waals surface area contributed by atoms with Crippen molar-refractivity contribution in [3.63, 3.8) is 0 Å². The van der Waals surface area contributed by atoms with Crippen LogP contribution in [0.15, 0.2) is 48.9 Å². The number of phenols is 1. The Bertz CT molecular complexity index is 1120. The van der Waals surface area contributed by atoms with Gasteiger partial charge in [-0.3, -0.25) is 4.98 Å². The van der Waals surface area contributed by atoms with Crippen molar-refractivity contribution in [3.8, 4) is 28.1 Å². The SMILES string of the molecule is Oc1cc(-c2c(-c3ccncc3)nn3c(C4CC4)cnnc23)ccc1Cl. The van der Waals surface area contributed by atoms with E-state index >= 15 is 0 Å². The topological polar surface area (TPSA) is 76.2 Å². The van der Waals surface area contributed by atoms with Gasteiger partial charge in [0.1, 0.15) is 11.4 Å². The maximum absolute atomic E-state index is 10.1. The molecule has 1 aliphatic rings. The Hall–Kier alpha value is -2.99. The molecule has 6 nitrogen and oxygen atoms in total. The highest BCUT2D eigenvalue weighted by Crippen LogP contribution is 2.42. The fourth-order valence-electron chi connectivity index (χ4n) is 3.18. The zero-order valence-corrected chi connectivity index (χ0v) is 14.4. The van der Waals surface area contributed by atoms with E-state index in [1.165, 1.54) is 0 Å². The van der Waals surface area contributed by atoms with E-state index in [2.05, 4.69) is 15.2 Å². The van der Waals surface area contributed by atoms with Crippen LogP contribution in [0.4, 0.5) is 0 Å². The summed E-state index contributed by atoms with van der Waals surface area (Å²) < 4.78 is 1.88. The van der Waals surface area contributed by atoms with Gasteiger partial charge in [-0.15, -0.1) is 5.10 Å². The Labute approximate surface area is 154 Å². The quantitative estimate of drug-likeness (QED) is 0.593. The molecule has 0 unspecified atom stereocenters. The molecule has 0 amide bonds. The van der Waals surface area contributed by atoms with Crippen LogP contribution in [0.25, 0.3) is 28.0 Å². The maximum atomic E-state index is 10.1. The van der Waals surface area contributed by atoms with Crippen LogP contribution in [0.1, 0.15) is 24.5 Å². The molecule has 0 saturated heterocycles. The van der Waals surface area contributed by atoms with Gasteiger partial charge in [-0.05, 0) is 42.7 Å². The van der Waals surface area contributed by atoms with Crippen molar-refractivity contribution >= 4 is 17.2 Å². The van der Waals surface area contributed by atoms with Gasteiger partial charge >= 0.3 is 0 Å². The van der Waals surface area contributed by atoms with Gasteiger partial charge < -0.3 is 5.11 Å². The minimum Gasteiger partial charge on any atom is -0.506 e. The summed E-state index contributed by atoms with van der Waals surface area (Å²) in [5.74, 6) is 0.500. The summed E-state index contributed by atoms with van der Waals surface area (Å²) in [6, 6.07) is 8.98. The highest BCUT2D eigenvalue weighted by Gasteiger charge is 2.29. The van der Waals surface area contributed by atoms with Gasteiger partial charge in [-0.25, -0.2) is 4.52 Å². The second-order valence-electron chi connectivity index (χ2n) is 6.40. The third kappa shape index (κ3) is 2.42. The molecule has 5 rings (SSSR count). The lowest BCUT2D eigenvalue weighted by Gasteiger charge is -2.05. The fourth-order valence-corrected chi connectivity index (χ4v) is 3.30. The highest BCUT2D eigenvalue weighted by molar-refractivity contribution is 6.32. The van der Waals surface area contributed by atoms with Crippen molar-refractivity contribution in [1.29, 1.82) is 0 Å². The van der Waals surface area contributed by atoms with Crippen LogP contribution in [-0.2, 0) is 0 Å². The summed E-state index contributed by atoms with van der Waals surface area (Å²) in [5.41, 5.74) is 5.04. The van der Waals surface area contributed by atoms with E-state index in [0.29, 0.717) is 16.6 Å². The number of fused-ring (bicyclic) bond motifs is 1. The first kappa shape index (κ1) is 15.3. The Balaban J connectivity index is 1.84. The molecular weight excluding hydrogens is 350 g/mol. The van der Waals surface area contributed by atoms with E-state index in [9.17, 15) is 5.11 Å². The minimum absolute atomic E-state index is 0.0236. The number of rotatable bonds is 3. The minimum atomic E-state index is 0.0236. The van der Waals surface area contributed by atoms with Gasteiger partial charge in [0.05, 0.1) is 22.5 Å². The van der Waals surface area contributed by atoms with Crippen LogP contribution in [0.3, 0.4) is 0 Å². The zero-order chi connectivity index (χ0) is 17.7. The van der Waals surface area contributed by atoms with E-state index < -0.39 is 0 Å². The molecule has 1 N–H and O–H groups in total. The number of aromatic hydroxyl groups is 1. The van der Waals surface area contributed by atoms with Crippen molar-refractivity contribution in [3.05, 3.63) is 59.6 Å². The molecule has 0 atom stereocenters. The van der Waals surface area contributed by atoms with Crippen LogP contribution in [-0.4, -0.2) is 29.9 Å². The number of pyridine rings is 1. The molecule has 1 fully saturated rings. The normalized spacial score (nSPS) is 14.0. The fraction of sp³-hybridized carbons (Fsp3) is 0.158. The Kier molecular flexibility index (Phi) is 3.39. The molecule has 26 heavy (non-hydrogen) atoms. The van der Waals surface area contributed by atoms with Crippen molar-refractivity contribution in [2.75, 3.05) is 0 Å². The molecular formula is C19H14ClN5O. The summed E-state index contributed by atoms with van der Waals surface area (Å²) in [7, 11) is 0. The molecule has 3 aromatic heterocycles. The number of hydrogen-bond donors (Lipinski definition) is 1. The average Bonchev–Trinajstić information content (AvgIpc) is 3.44. The number of nitrogens with zero attached hydrogens (tertiary/aromatic N) is 5. The van der Waals surface area contributed by atoms with Gasteiger partial charge in [0.15, 0.2) is 5.65 Å². The summed E-state index contributed by atoms with van der Waals surface area (Å²) in [6.07, 6.45) is 7.54. The van der Waals surface area contributed by atoms with E-state index in [1.807, 2.05) is 22.7 Å². The first-order valence-electron chi connectivity index (χ1n) is 8.36. The molecule has 0 spiro atoms. The van der Waals surface area contributed by atoms with Crippen LogP contribution < -0.4 is 0 Å². The van der Waals surface area contributed by atoms with Crippen molar-refractivity contribution in [2.24, 2.45) is 0 Å². The maximum Gasteiger partial charge on any atom is 0.186 e. The largest absolute Gasteiger partial charge is 0.506 e. The Morgan fingerprint density at radius 2 is 1.88 bits per heavy atom. The summed E-state index contributed by atoms with van der Waals surface area (Å²) >= 11 is 5.99. The van der Waals surface area contributed by atoms with Gasteiger partial charge in [-0.2, -0.15) is 10.2 Å². The number of phenolic OH excluding ortho intramolecular Hbond substituents is 1. The molecule has 0 radical (unpaired) electrons. The first-order valence-corrected chi connectivity index (χ1v) is 8.74. The van der Waals surface area contributed by atoms with Gasteiger partial charge in [0.2, 0.25) is 0 Å². The zero-order valence-electron chi connectivity index (χ0n) is 13.7. The molecule has 1 aliphatic carbocycles. The van der Waals surface area contributed by atoms with Gasteiger partial charge in [0.25, 0.3) is 0 Å². The summed E-state index contributed by atoms with van der Waals surface area (Å²) in [4.78, 5) is 4.09. The standard InChI is InChI=1S/C19H14ClN5O/c20-14-4-3-13(9-16(14)26)17-18(12-5-7-21-8-6-12)24-25-15(11-1-2-11)10-22-23-19(17)25/h3-11,26H,1-2H2. The lowest BCUT2D eigenvalue weighted by Crippen LogP contribution is -2.00. The highest BCUT2D eigenvalue weighted by atomic mass is 35.5. The molecule has 0 bridgehead atoms. The van der Waals surface area contributed by atoms with E-state index in [0.717, 1.165) is 40.9 Å². The average molecular weight is 364 g/mol. The van der Waals surface area contributed by atoms with E-state index in [1.54, 1.807) is 30.7 Å². The first-order chi connectivity index (χ1) is 12.7. The molecule has 1 aromatic carbocycles. The van der Waals surface area contributed by atoms with Gasteiger partial charge in [-0.1, -0.05) is 17.7 Å². The molecule has 128 valence electrons. The van der Waals surface area contributed by atoms with Crippen molar-refractivity contribution < 1.29 is 5.11 Å². The van der Waals surface area contributed by atoms with Crippen molar-refractivity contribution in [1.82, 2.24) is 24.8 Å². The second-order valence-corrected chi connectivity index (χ2v) is 6.81. The number of benzene rings is 1. The third-order valence-corrected chi connectivity index (χ3v) is 4.95. The molecule has 7 heteroatoms. The third-order valence-electron chi connectivity index (χ3n) is 4.63. The van der Waals surface area contributed by atoms with Crippen LogP contribution in [0.2, 0.25) is 5.02 Å². The predicted molar refractivity (Wildman–Crippen MR) is 98.1 cm³/mol. The molecule has 1 saturated carbocycles. The number of hydrogen-bond acceptors (Lipinski definition) is 5. The van der Waals surface area contributed by atoms with Crippen LogP contribution in [0, 0.1) is 0 Å². The Morgan fingerprint density at radius 1 is 1.08 bits per heavy atom. The molecule has 4 aromatic rings. The molecule has 0 aliphatic heterocycles. The van der Waals surface area contributed by atoms with Crippen LogP contribution in [0.5, 0.6) is 5.75 Å². The van der Waals surface area contributed by atoms with Crippen molar-refractivity contribution in [2.45, 2.75) is 18.8 Å². The smallest absolute Gasteiger partial charge is 0.186 e. The lowest BCUT2D eigenvalue weighted by molar-refractivity contribution is 0.476. The number of aromatic nitrogens is 5. The van der Waals surface area contributed by atoms with Crippen LogP contribution >= 0.6 is 11.6 Å². The van der Waals surface area contributed by atoms with E-state index in [4.69, 9.17) is 16.7 Å². The Morgan fingerprint density at radius 3 is 2.62 bits per heavy atom. The summed E-state index contributed by atoms with van der Waals surface area (Å²) in [6.45, 7) is 0. The monoisotopic (exact) mass is 363 g/mol. The van der Waals surface area contributed by atoms with E-state index in [-0.39, 0.29) is 5.75 Å². The summed E-state index contributed by atoms with van der Waals surface area (Å²) in [5, 5.41) is 23.8. The second kappa shape index (κ2) is 5.78. The predicted octanol–water partition coefficient (Wildman–Crippen LogP) is 4.09. The number of halogens is 1.